The van der Waals surface area contributed by atoms with Crippen molar-refractivity contribution in [1.29, 1.82) is 0 Å². The average Bonchev–Trinajstić information content (AvgIpc) is 2.30. The average molecular weight is 235 g/mol. The van der Waals surface area contributed by atoms with E-state index in [2.05, 4.69) is 11.4 Å². The molecule has 1 aliphatic heterocycles. The molecule has 2 rings (SSSR count). The molecule has 92 valence electrons. The Morgan fingerprint density at radius 3 is 2.76 bits per heavy atom. The lowest BCUT2D eigenvalue weighted by Crippen LogP contribution is -2.22. The lowest BCUT2D eigenvalue weighted by atomic mass is 10.0. The molecule has 0 amide bonds. The highest BCUT2D eigenvalue weighted by molar-refractivity contribution is 5.30. The van der Waals surface area contributed by atoms with Crippen molar-refractivity contribution >= 4 is 0 Å². The molecule has 3 heteroatoms. The van der Waals surface area contributed by atoms with E-state index >= 15 is 0 Å². The first-order valence-corrected chi connectivity index (χ1v) is 5.98. The second-order valence-corrected chi connectivity index (χ2v) is 4.38. The van der Waals surface area contributed by atoms with Gasteiger partial charge in [-0.05, 0) is 56.1 Å². The van der Waals surface area contributed by atoms with Gasteiger partial charge in [0, 0.05) is 0 Å². The van der Waals surface area contributed by atoms with Gasteiger partial charge in [0.2, 0.25) is 0 Å². The Bertz CT molecular complexity index is 408. The number of hydrogen-bond acceptors (Lipinski definition) is 2. The maximum Gasteiger partial charge on any atom is 0.123 e. The van der Waals surface area contributed by atoms with Gasteiger partial charge < -0.3 is 10.1 Å². The lowest BCUT2D eigenvalue weighted by Gasteiger charge is -2.24. The van der Waals surface area contributed by atoms with Gasteiger partial charge in [0.25, 0.3) is 0 Å². The predicted octanol–water partition coefficient (Wildman–Crippen LogP) is 3.09. The van der Waals surface area contributed by atoms with E-state index < -0.39 is 0 Å². The molecule has 0 fully saturated rings. The summed E-state index contributed by atoms with van der Waals surface area (Å²) >= 11 is 0. The van der Waals surface area contributed by atoms with E-state index in [0.717, 1.165) is 36.3 Å². The normalized spacial score (nSPS) is 17.2. The Balaban J connectivity index is 2.31. The van der Waals surface area contributed by atoms with Gasteiger partial charge in [-0.2, -0.15) is 0 Å². The molecule has 17 heavy (non-hydrogen) atoms. The number of ether oxygens (including phenoxy) is 1. The topological polar surface area (TPSA) is 21.3 Å². The maximum absolute atomic E-state index is 13.4. The van der Waals surface area contributed by atoms with Crippen molar-refractivity contribution in [2.75, 3.05) is 13.7 Å². The summed E-state index contributed by atoms with van der Waals surface area (Å²) in [5, 5.41) is 3.18. The molecule has 0 bridgehead atoms. The molecule has 1 atom stereocenters. The van der Waals surface area contributed by atoms with E-state index in [4.69, 9.17) is 4.74 Å². The minimum absolute atomic E-state index is 0.0512. The SMILES string of the molecule is CNC(C1=CCCCO1)c1cc(C)cc(F)c1. The fraction of sp³-hybridized carbons (Fsp3) is 0.429. The van der Waals surface area contributed by atoms with Crippen molar-refractivity contribution < 1.29 is 9.13 Å². The Morgan fingerprint density at radius 1 is 1.35 bits per heavy atom. The summed E-state index contributed by atoms with van der Waals surface area (Å²) in [6.45, 7) is 2.65. The number of hydrogen-bond donors (Lipinski definition) is 1. The monoisotopic (exact) mass is 235 g/mol. The highest BCUT2D eigenvalue weighted by atomic mass is 19.1. The number of rotatable bonds is 3. The molecule has 0 saturated heterocycles. The number of allylic oxidation sites excluding steroid dienone is 1. The zero-order valence-corrected chi connectivity index (χ0v) is 10.3. The first kappa shape index (κ1) is 12.1. The van der Waals surface area contributed by atoms with Gasteiger partial charge in [-0.3, -0.25) is 0 Å². The molecule has 1 aromatic rings. The Hall–Kier alpha value is -1.35. The third-order valence-corrected chi connectivity index (χ3v) is 2.93. The number of benzene rings is 1. The van der Waals surface area contributed by atoms with Crippen LogP contribution in [0.15, 0.2) is 30.0 Å². The van der Waals surface area contributed by atoms with Gasteiger partial charge in [0.1, 0.15) is 11.6 Å². The molecular weight excluding hydrogens is 217 g/mol. The van der Waals surface area contributed by atoms with Crippen molar-refractivity contribution in [2.24, 2.45) is 0 Å². The van der Waals surface area contributed by atoms with Gasteiger partial charge in [-0.15, -0.1) is 0 Å². The summed E-state index contributed by atoms with van der Waals surface area (Å²) in [7, 11) is 1.86. The van der Waals surface area contributed by atoms with Crippen LogP contribution in [0.1, 0.15) is 30.0 Å². The minimum Gasteiger partial charge on any atom is -0.496 e. The maximum atomic E-state index is 13.4. The summed E-state index contributed by atoms with van der Waals surface area (Å²) in [5.74, 6) is 0.709. The van der Waals surface area contributed by atoms with Gasteiger partial charge in [-0.1, -0.05) is 6.07 Å². The number of nitrogens with one attached hydrogen (secondary N) is 1. The van der Waals surface area contributed by atoms with Gasteiger partial charge >= 0.3 is 0 Å². The van der Waals surface area contributed by atoms with Crippen molar-refractivity contribution in [2.45, 2.75) is 25.8 Å². The second-order valence-electron chi connectivity index (χ2n) is 4.38. The Labute approximate surface area is 101 Å². The lowest BCUT2D eigenvalue weighted by molar-refractivity contribution is 0.169. The van der Waals surface area contributed by atoms with E-state index in [1.165, 1.54) is 6.07 Å². The smallest absolute Gasteiger partial charge is 0.123 e. The van der Waals surface area contributed by atoms with Crippen LogP contribution in [0.4, 0.5) is 4.39 Å². The summed E-state index contributed by atoms with van der Waals surface area (Å²) in [6, 6.07) is 5.03. The molecule has 1 unspecified atom stereocenters. The van der Waals surface area contributed by atoms with Crippen molar-refractivity contribution in [3.8, 4) is 0 Å². The molecule has 0 aromatic heterocycles. The largest absolute Gasteiger partial charge is 0.496 e. The van der Waals surface area contributed by atoms with Crippen LogP contribution >= 0.6 is 0 Å². The minimum atomic E-state index is -0.198. The van der Waals surface area contributed by atoms with Crippen molar-refractivity contribution in [3.05, 3.63) is 47.0 Å². The molecule has 2 nitrogen and oxygen atoms in total. The standard InChI is InChI=1S/C14H18FNO/c1-10-7-11(9-12(15)8-10)14(16-2)13-5-3-4-6-17-13/h5,7-9,14,16H,3-4,6H2,1-2H3. The number of likely N-dealkylation sites (N-methyl/N-ethyl adjacent to an activating group) is 1. The molecule has 0 saturated carbocycles. The van der Waals surface area contributed by atoms with Crippen LogP contribution in [-0.2, 0) is 4.74 Å². The molecular formula is C14H18FNO. The third-order valence-electron chi connectivity index (χ3n) is 2.93. The summed E-state index contributed by atoms with van der Waals surface area (Å²) < 4.78 is 19.0. The highest BCUT2D eigenvalue weighted by Crippen LogP contribution is 2.26. The molecule has 1 aromatic carbocycles. The van der Waals surface area contributed by atoms with E-state index in [9.17, 15) is 4.39 Å². The van der Waals surface area contributed by atoms with Gasteiger partial charge in [0.05, 0.1) is 12.6 Å². The third kappa shape index (κ3) is 2.86. The molecule has 1 aliphatic rings. The molecule has 1 N–H and O–H groups in total. The number of aryl methyl sites for hydroxylation is 1. The zero-order valence-electron chi connectivity index (χ0n) is 10.3. The molecule has 0 spiro atoms. The Morgan fingerprint density at radius 2 is 2.18 bits per heavy atom. The van der Waals surface area contributed by atoms with E-state index in [1.807, 2.05) is 20.0 Å². The van der Waals surface area contributed by atoms with E-state index in [1.54, 1.807) is 6.07 Å². The fourth-order valence-corrected chi connectivity index (χ4v) is 2.18. The highest BCUT2D eigenvalue weighted by Gasteiger charge is 2.18. The van der Waals surface area contributed by atoms with E-state index in [0.29, 0.717) is 0 Å². The van der Waals surface area contributed by atoms with Crippen molar-refractivity contribution in [1.82, 2.24) is 5.32 Å². The first-order chi connectivity index (χ1) is 8.20. The Kier molecular flexibility index (Phi) is 3.79. The predicted molar refractivity (Wildman–Crippen MR) is 66.2 cm³/mol. The van der Waals surface area contributed by atoms with Crippen LogP contribution in [0, 0.1) is 12.7 Å². The molecule has 0 aliphatic carbocycles. The van der Waals surface area contributed by atoms with Crippen molar-refractivity contribution in [3.63, 3.8) is 0 Å². The molecule has 1 heterocycles. The van der Waals surface area contributed by atoms with Crippen LogP contribution in [-0.4, -0.2) is 13.7 Å². The molecule has 0 radical (unpaired) electrons. The van der Waals surface area contributed by atoms with Crippen LogP contribution in [0.3, 0.4) is 0 Å². The zero-order chi connectivity index (χ0) is 12.3. The second kappa shape index (κ2) is 5.32. The van der Waals surface area contributed by atoms with Crippen LogP contribution < -0.4 is 5.32 Å². The van der Waals surface area contributed by atoms with Crippen LogP contribution in [0.5, 0.6) is 0 Å². The van der Waals surface area contributed by atoms with Gasteiger partial charge in [-0.25, -0.2) is 4.39 Å². The van der Waals surface area contributed by atoms with Gasteiger partial charge in [0.15, 0.2) is 0 Å². The van der Waals surface area contributed by atoms with Crippen LogP contribution in [0.25, 0.3) is 0 Å². The number of halogens is 1. The van der Waals surface area contributed by atoms with Crippen LogP contribution in [0.2, 0.25) is 0 Å². The summed E-state index contributed by atoms with van der Waals surface area (Å²) in [4.78, 5) is 0. The summed E-state index contributed by atoms with van der Waals surface area (Å²) in [5.41, 5.74) is 1.84. The summed E-state index contributed by atoms with van der Waals surface area (Å²) in [6.07, 6.45) is 4.18. The van der Waals surface area contributed by atoms with E-state index in [-0.39, 0.29) is 11.9 Å². The quantitative estimate of drug-likeness (QED) is 0.869. The fourth-order valence-electron chi connectivity index (χ4n) is 2.18. The first-order valence-electron chi connectivity index (χ1n) is 5.98.